The molecule has 0 aromatic carbocycles. The molecule has 4 rings (SSSR count). The van der Waals surface area contributed by atoms with Gasteiger partial charge in [0.25, 0.3) is 0 Å². The number of carbonyl (C=O) groups excluding carboxylic acids is 1. The van der Waals surface area contributed by atoms with Crippen LogP contribution in [0.2, 0.25) is 0 Å². The van der Waals surface area contributed by atoms with Gasteiger partial charge in [0.1, 0.15) is 0 Å². The van der Waals surface area contributed by atoms with Gasteiger partial charge in [0.2, 0.25) is 0 Å². The first-order valence-electron chi connectivity index (χ1n) is 8.70. The highest BCUT2D eigenvalue weighted by Gasteiger charge is 2.28. The van der Waals surface area contributed by atoms with Crippen LogP contribution in [0.4, 0.5) is 0 Å². The molecule has 0 unspecified atom stereocenters. The van der Waals surface area contributed by atoms with E-state index >= 15 is 0 Å². The zero-order valence-corrected chi connectivity index (χ0v) is 16.0. The zero-order chi connectivity index (χ0) is 18.3. The monoisotopic (exact) mass is 367 g/mol. The second-order valence-corrected chi connectivity index (χ2v) is 7.64. The minimum Gasteiger partial charge on any atom is -0.345 e. The number of nitrogens with zero attached hydrogens (tertiary/aromatic N) is 5. The van der Waals surface area contributed by atoms with Crippen LogP contribution in [-0.2, 0) is 7.05 Å². The summed E-state index contributed by atoms with van der Waals surface area (Å²) in [6.07, 6.45) is 5.90. The fourth-order valence-corrected chi connectivity index (χ4v) is 4.15. The molecule has 6 nitrogen and oxygen atoms in total. The number of aryl methyl sites for hydroxylation is 1. The summed E-state index contributed by atoms with van der Waals surface area (Å²) in [5, 5.41) is 9.23. The van der Waals surface area contributed by atoms with Crippen LogP contribution in [-0.4, -0.2) is 35.9 Å². The lowest BCUT2D eigenvalue weighted by molar-refractivity contribution is 0.102. The number of hydrogen-bond donors (Lipinski definition) is 0. The van der Waals surface area contributed by atoms with E-state index in [-0.39, 0.29) is 5.78 Å². The minimum absolute atomic E-state index is 0.142. The van der Waals surface area contributed by atoms with Gasteiger partial charge >= 0.3 is 0 Å². The van der Waals surface area contributed by atoms with E-state index < -0.39 is 0 Å². The Morgan fingerprint density at radius 3 is 2.65 bits per heavy atom. The standard InChI is InChI=1S/C19H21N5OS/c1-12-10-16(13(2)24(12)15-4-5-15)17(25)11-26-19-22-21-18(23(19)3)14-6-8-20-9-7-14/h6-10,15H,4-5,11H2,1-3H3. The Bertz CT molecular complexity index is 956. The average Bonchev–Trinajstić information content (AvgIpc) is 3.34. The number of hydrogen-bond acceptors (Lipinski definition) is 5. The van der Waals surface area contributed by atoms with E-state index in [9.17, 15) is 4.79 Å². The molecule has 1 aliphatic rings. The molecule has 0 spiro atoms. The number of ketones is 1. The molecular weight excluding hydrogens is 346 g/mol. The third kappa shape index (κ3) is 3.07. The van der Waals surface area contributed by atoms with Crippen LogP contribution in [0.25, 0.3) is 11.4 Å². The lowest BCUT2D eigenvalue weighted by Gasteiger charge is -2.07. The number of carbonyl (C=O) groups is 1. The first kappa shape index (κ1) is 17.0. The molecule has 0 aliphatic heterocycles. The highest BCUT2D eigenvalue weighted by Crippen LogP contribution is 2.38. The second kappa shape index (κ2) is 6.72. The predicted octanol–water partition coefficient (Wildman–Crippen LogP) is 3.61. The van der Waals surface area contributed by atoms with E-state index in [0.29, 0.717) is 11.8 Å². The normalized spacial score (nSPS) is 14.0. The maximum atomic E-state index is 12.7. The van der Waals surface area contributed by atoms with Gasteiger partial charge in [0.05, 0.1) is 5.75 Å². The molecule has 0 bridgehead atoms. The van der Waals surface area contributed by atoms with Gasteiger partial charge in [-0.25, -0.2) is 0 Å². The first-order valence-corrected chi connectivity index (χ1v) is 9.69. The molecular formula is C19H21N5OS. The van der Waals surface area contributed by atoms with Crippen molar-refractivity contribution in [2.75, 3.05) is 5.75 Å². The van der Waals surface area contributed by atoms with Gasteiger partial charge in [-0.15, -0.1) is 10.2 Å². The molecule has 0 radical (unpaired) electrons. The van der Waals surface area contributed by atoms with E-state index in [1.165, 1.54) is 30.3 Å². The van der Waals surface area contributed by atoms with Crippen LogP contribution in [0.15, 0.2) is 35.7 Å². The van der Waals surface area contributed by atoms with E-state index in [1.54, 1.807) is 12.4 Å². The van der Waals surface area contributed by atoms with Crippen LogP contribution in [0.1, 0.15) is 40.6 Å². The van der Waals surface area contributed by atoms with Crippen LogP contribution < -0.4 is 0 Å². The Balaban J connectivity index is 1.49. The van der Waals surface area contributed by atoms with Crippen LogP contribution in [0.5, 0.6) is 0 Å². The lowest BCUT2D eigenvalue weighted by Crippen LogP contribution is -2.06. The summed E-state index contributed by atoms with van der Waals surface area (Å²) in [5.74, 6) is 1.27. The lowest BCUT2D eigenvalue weighted by atomic mass is 10.2. The van der Waals surface area contributed by atoms with Crippen molar-refractivity contribution in [3.63, 3.8) is 0 Å². The molecule has 0 saturated heterocycles. The van der Waals surface area contributed by atoms with Gasteiger partial charge in [0.15, 0.2) is 16.8 Å². The quantitative estimate of drug-likeness (QED) is 0.492. The summed E-state index contributed by atoms with van der Waals surface area (Å²) >= 11 is 1.43. The molecule has 0 N–H and O–H groups in total. The average molecular weight is 367 g/mol. The number of Topliss-reactive ketones (excluding diaryl/α,β-unsaturated/α-hetero) is 1. The third-order valence-corrected chi connectivity index (χ3v) is 5.82. The molecule has 1 aliphatic carbocycles. The van der Waals surface area contributed by atoms with E-state index in [1.807, 2.05) is 36.7 Å². The second-order valence-electron chi connectivity index (χ2n) is 6.70. The summed E-state index contributed by atoms with van der Waals surface area (Å²) in [6.45, 7) is 4.13. The molecule has 0 atom stereocenters. The number of thioether (sulfide) groups is 1. The van der Waals surface area contributed by atoms with Gasteiger partial charge in [0, 0.05) is 48.0 Å². The van der Waals surface area contributed by atoms with Gasteiger partial charge < -0.3 is 9.13 Å². The van der Waals surface area contributed by atoms with Crippen molar-refractivity contribution in [2.45, 2.75) is 37.9 Å². The van der Waals surface area contributed by atoms with Crippen LogP contribution in [0, 0.1) is 13.8 Å². The maximum Gasteiger partial charge on any atom is 0.191 e. The Morgan fingerprint density at radius 1 is 1.23 bits per heavy atom. The van der Waals surface area contributed by atoms with Crippen molar-refractivity contribution in [3.8, 4) is 11.4 Å². The highest BCUT2D eigenvalue weighted by atomic mass is 32.2. The van der Waals surface area contributed by atoms with Gasteiger partial charge in [-0.3, -0.25) is 9.78 Å². The molecule has 1 saturated carbocycles. The van der Waals surface area contributed by atoms with Crippen LogP contribution in [0.3, 0.4) is 0 Å². The number of aromatic nitrogens is 5. The van der Waals surface area contributed by atoms with Gasteiger partial charge in [-0.2, -0.15) is 0 Å². The first-order chi connectivity index (χ1) is 12.6. The summed E-state index contributed by atoms with van der Waals surface area (Å²) in [7, 11) is 1.92. The SMILES string of the molecule is Cc1cc(C(=O)CSc2nnc(-c3ccncc3)n2C)c(C)n1C1CC1. The number of rotatable bonds is 6. The third-order valence-electron chi connectivity index (χ3n) is 4.80. The molecule has 7 heteroatoms. The zero-order valence-electron chi connectivity index (χ0n) is 15.1. The molecule has 1 fully saturated rings. The van der Waals surface area contributed by atoms with Crippen molar-refractivity contribution in [1.82, 2.24) is 24.3 Å². The van der Waals surface area contributed by atoms with E-state index in [0.717, 1.165) is 27.8 Å². The largest absolute Gasteiger partial charge is 0.345 e. The number of pyridine rings is 1. The summed E-state index contributed by atoms with van der Waals surface area (Å²) in [4.78, 5) is 16.8. The predicted molar refractivity (Wildman–Crippen MR) is 101 cm³/mol. The summed E-state index contributed by atoms with van der Waals surface area (Å²) in [5.41, 5.74) is 4.06. The smallest absolute Gasteiger partial charge is 0.191 e. The molecule has 0 amide bonds. The summed E-state index contributed by atoms with van der Waals surface area (Å²) < 4.78 is 4.22. The van der Waals surface area contributed by atoms with E-state index in [4.69, 9.17) is 0 Å². The fourth-order valence-electron chi connectivity index (χ4n) is 3.35. The van der Waals surface area contributed by atoms with Crippen molar-refractivity contribution >= 4 is 17.5 Å². The topological polar surface area (TPSA) is 65.6 Å². The Kier molecular flexibility index (Phi) is 4.40. The van der Waals surface area contributed by atoms with E-state index in [2.05, 4.69) is 26.7 Å². The molecule has 3 heterocycles. The van der Waals surface area contributed by atoms with Crippen molar-refractivity contribution in [1.29, 1.82) is 0 Å². The Morgan fingerprint density at radius 2 is 1.96 bits per heavy atom. The summed E-state index contributed by atoms with van der Waals surface area (Å²) in [6, 6.07) is 6.41. The fraction of sp³-hybridized carbons (Fsp3) is 0.368. The van der Waals surface area contributed by atoms with Crippen molar-refractivity contribution < 1.29 is 4.79 Å². The Labute approximate surface area is 156 Å². The Hall–Kier alpha value is -2.41. The maximum absolute atomic E-state index is 12.7. The highest BCUT2D eigenvalue weighted by molar-refractivity contribution is 7.99. The molecule has 134 valence electrons. The molecule has 3 aromatic rings. The van der Waals surface area contributed by atoms with Crippen molar-refractivity contribution in [3.05, 3.63) is 47.5 Å². The van der Waals surface area contributed by atoms with Gasteiger partial charge in [-0.1, -0.05) is 11.8 Å². The van der Waals surface area contributed by atoms with Gasteiger partial charge in [-0.05, 0) is 44.9 Å². The minimum atomic E-state index is 0.142. The van der Waals surface area contributed by atoms with Crippen LogP contribution >= 0.6 is 11.8 Å². The molecule has 3 aromatic heterocycles. The van der Waals surface area contributed by atoms with Crippen molar-refractivity contribution in [2.24, 2.45) is 7.05 Å². The molecule has 26 heavy (non-hydrogen) atoms.